The summed E-state index contributed by atoms with van der Waals surface area (Å²) in [4.78, 5) is 4.76. The van der Waals surface area contributed by atoms with E-state index in [0.29, 0.717) is 24.2 Å². The Morgan fingerprint density at radius 2 is 1.88 bits per heavy atom. The smallest absolute Gasteiger partial charge is 0.265 e. The molecule has 3 heterocycles. The van der Waals surface area contributed by atoms with Gasteiger partial charge in [0.15, 0.2) is 0 Å². The van der Waals surface area contributed by atoms with Gasteiger partial charge < -0.3 is 4.74 Å². The molecule has 3 aromatic rings. The van der Waals surface area contributed by atoms with Crippen LogP contribution in [-0.2, 0) is 21.3 Å². The normalized spacial score (nSPS) is 15.6. The quantitative estimate of drug-likeness (QED) is 0.471. The molecular formula is C25H34N4O3S. The van der Waals surface area contributed by atoms with Crippen molar-refractivity contribution in [3.05, 3.63) is 48.3 Å². The van der Waals surface area contributed by atoms with Crippen molar-refractivity contribution < 1.29 is 13.2 Å². The maximum Gasteiger partial charge on any atom is 0.265 e. The third-order valence-corrected chi connectivity index (χ3v) is 7.89. The standard InChI is InChI=1S/C25H34N4O3S/c1-18(2)15-29(25-8-5-21(14-26-25)19(3)4)33(30,31)23-6-7-24-22(13-23)17-28(27-24)16-20-9-11-32-12-10-20/h5-8,13-14,17-20H,9-12,15-16H2,1-4H3. The lowest BCUT2D eigenvalue weighted by atomic mass is 10.0. The molecule has 0 spiro atoms. The molecule has 0 N–H and O–H groups in total. The van der Waals surface area contributed by atoms with Crippen molar-refractivity contribution >= 4 is 26.7 Å². The van der Waals surface area contributed by atoms with Crippen molar-refractivity contribution in [3.8, 4) is 0 Å². The lowest BCUT2D eigenvalue weighted by Gasteiger charge is -2.25. The first-order valence-corrected chi connectivity index (χ1v) is 13.2. The fraction of sp³-hybridized carbons (Fsp3) is 0.520. The molecule has 4 rings (SSSR count). The summed E-state index contributed by atoms with van der Waals surface area (Å²) in [6.07, 6.45) is 5.78. The predicted molar refractivity (Wildman–Crippen MR) is 131 cm³/mol. The van der Waals surface area contributed by atoms with E-state index < -0.39 is 10.0 Å². The van der Waals surface area contributed by atoms with Crippen molar-refractivity contribution in [2.24, 2.45) is 11.8 Å². The number of ether oxygens (including phenoxy) is 1. The molecule has 0 radical (unpaired) electrons. The number of sulfonamides is 1. The third kappa shape index (κ3) is 5.38. The summed E-state index contributed by atoms with van der Waals surface area (Å²) in [6, 6.07) is 8.94. The Kier molecular flexibility index (Phi) is 7.05. The van der Waals surface area contributed by atoms with Crippen molar-refractivity contribution in [1.82, 2.24) is 14.8 Å². The van der Waals surface area contributed by atoms with Crippen molar-refractivity contribution in [2.45, 2.75) is 57.9 Å². The van der Waals surface area contributed by atoms with E-state index in [0.717, 1.165) is 49.1 Å². The van der Waals surface area contributed by atoms with Crippen LogP contribution in [0.1, 0.15) is 52.0 Å². The van der Waals surface area contributed by atoms with Gasteiger partial charge in [0, 0.05) is 44.1 Å². The maximum atomic E-state index is 13.7. The number of aromatic nitrogens is 3. The highest BCUT2D eigenvalue weighted by Gasteiger charge is 2.27. The molecule has 7 nitrogen and oxygen atoms in total. The molecule has 0 saturated carbocycles. The highest BCUT2D eigenvalue weighted by atomic mass is 32.2. The van der Waals surface area contributed by atoms with Gasteiger partial charge in [0.05, 0.1) is 10.4 Å². The van der Waals surface area contributed by atoms with Gasteiger partial charge in [-0.1, -0.05) is 33.8 Å². The SMILES string of the molecule is CC(C)CN(c1ccc(C(C)C)cn1)S(=O)(=O)c1ccc2nn(CC3CCOCC3)cc2c1. The molecule has 33 heavy (non-hydrogen) atoms. The lowest BCUT2D eigenvalue weighted by Crippen LogP contribution is -2.35. The van der Waals surface area contributed by atoms with Crippen molar-refractivity contribution in [1.29, 1.82) is 0 Å². The number of pyridine rings is 1. The van der Waals surface area contributed by atoms with E-state index in [2.05, 4.69) is 23.9 Å². The third-order valence-electron chi connectivity index (χ3n) is 6.12. The van der Waals surface area contributed by atoms with Gasteiger partial charge in [-0.15, -0.1) is 0 Å². The summed E-state index contributed by atoms with van der Waals surface area (Å²) in [6.45, 7) is 11.0. The van der Waals surface area contributed by atoms with E-state index in [1.165, 1.54) is 4.31 Å². The molecule has 1 aliphatic rings. The van der Waals surface area contributed by atoms with Crippen LogP contribution >= 0.6 is 0 Å². The molecule has 0 aliphatic carbocycles. The largest absolute Gasteiger partial charge is 0.381 e. The zero-order chi connectivity index (χ0) is 23.6. The summed E-state index contributed by atoms with van der Waals surface area (Å²) in [5, 5.41) is 5.49. The van der Waals surface area contributed by atoms with Gasteiger partial charge in [0.1, 0.15) is 5.82 Å². The van der Waals surface area contributed by atoms with E-state index in [-0.39, 0.29) is 10.8 Å². The fourth-order valence-corrected chi connectivity index (χ4v) is 5.78. The summed E-state index contributed by atoms with van der Waals surface area (Å²) in [5.41, 5.74) is 1.88. The molecule has 8 heteroatoms. The van der Waals surface area contributed by atoms with E-state index in [9.17, 15) is 8.42 Å². The van der Waals surface area contributed by atoms with Gasteiger partial charge in [0.2, 0.25) is 0 Å². The number of benzene rings is 1. The van der Waals surface area contributed by atoms with Gasteiger partial charge in [-0.05, 0) is 60.4 Å². The average molecular weight is 471 g/mol. The van der Waals surface area contributed by atoms with Gasteiger partial charge in [-0.25, -0.2) is 17.7 Å². The van der Waals surface area contributed by atoms with Crippen LogP contribution in [-0.4, -0.2) is 42.9 Å². The Hall–Kier alpha value is -2.45. The van der Waals surface area contributed by atoms with E-state index in [4.69, 9.17) is 4.74 Å². The topological polar surface area (TPSA) is 77.3 Å². The average Bonchev–Trinajstić information content (AvgIpc) is 3.19. The number of anilines is 1. The number of fused-ring (bicyclic) bond motifs is 1. The minimum atomic E-state index is -3.77. The summed E-state index contributed by atoms with van der Waals surface area (Å²) < 4.78 is 36.2. The van der Waals surface area contributed by atoms with Crippen LogP contribution in [0.5, 0.6) is 0 Å². The van der Waals surface area contributed by atoms with Crippen LogP contribution < -0.4 is 4.31 Å². The molecule has 1 aromatic carbocycles. The first kappa shape index (κ1) is 23.7. The second-order valence-electron chi connectivity index (χ2n) is 9.66. The molecule has 0 unspecified atom stereocenters. The molecule has 1 fully saturated rings. The fourth-order valence-electron chi connectivity index (χ4n) is 4.16. The number of nitrogens with zero attached hydrogens (tertiary/aromatic N) is 4. The predicted octanol–water partition coefficient (Wildman–Crippen LogP) is 4.83. The Morgan fingerprint density at radius 3 is 2.52 bits per heavy atom. The minimum absolute atomic E-state index is 0.150. The second-order valence-corrected chi connectivity index (χ2v) is 11.5. The van der Waals surface area contributed by atoms with Crippen LogP contribution in [0.15, 0.2) is 47.6 Å². The molecular weight excluding hydrogens is 436 g/mol. The van der Waals surface area contributed by atoms with Crippen LogP contribution in [0.4, 0.5) is 5.82 Å². The zero-order valence-electron chi connectivity index (χ0n) is 19.9. The number of hydrogen-bond acceptors (Lipinski definition) is 5. The lowest BCUT2D eigenvalue weighted by molar-refractivity contribution is 0.0602. The molecule has 178 valence electrons. The molecule has 1 saturated heterocycles. The van der Waals surface area contributed by atoms with Crippen molar-refractivity contribution in [2.75, 3.05) is 24.1 Å². The molecule has 0 bridgehead atoms. The second kappa shape index (κ2) is 9.81. The highest BCUT2D eigenvalue weighted by molar-refractivity contribution is 7.92. The number of rotatable bonds is 8. The molecule has 1 aliphatic heterocycles. The van der Waals surface area contributed by atoms with Crippen LogP contribution in [0, 0.1) is 11.8 Å². The number of hydrogen-bond donors (Lipinski definition) is 0. The Labute approximate surface area is 196 Å². The van der Waals surface area contributed by atoms with E-state index in [1.807, 2.05) is 30.8 Å². The van der Waals surface area contributed by atoms with Crippen LogP contribution in [0.2, 0.25) is 0 Å². The monoisotopic (exact) mass is 470 g/mol. The summed E-state index contributed by atoms with van der Waals surface area (Å²) in [7, 11) is -3.77. The Bertz CT molecular complexity index is 1180. The van der Waals surface area contributed by atoms with E-state index >= 15 is 0 Å². The first-order chi connectivity index (χ1) is 15.7. The maximum absolute atomic E-state index is 13.7. The molecule has 0 amide bonds. The zero-order valence-corrected chi connectivity index (χ0v) is 20.8. The first-order valence-electron chi connectivity index (χ1n) is 11.8. The summed E-state index contributed by atoms with van der Waals surface area (Å²) in [5.74, 6) is 1.47. The van der Waals surface area contributed by atoms with Crippen molar-refractivity contribution in [3.63, 3.8) is 0 Å². The molecule has 2 aromatic heterocycles. The van der Waals surface area contributed by atoms with Gasteiger partial charge in [-0.3, -0.25) is 4.68 Å². The Morgan fingerprint density at radius 1 is 1.12 bits per heavy atom. The Balaban J connectivity index is 1.64. The summed E-state index contributed by atoms with van der Waals surface area (Å²) >= 11 is 0. The molecule has 0 atom stereocenters. The van der Waals surface area contributed by atoms with Gasteiger partial charge in [-0.2, -0.15) is 5.10 Å². The van der Waals surface area contributed by atoms with Gasteiger partial charge in [0.25, 0.3) is 10.0 Å². The minimum Gasteiger partial charge on any atom is -0.381 e. The van der Waals surface area contributed by atoms with Crippen LogP contribution in [0.3, 0.4) is 0 Å². The van der Waals surface area contributed by atoms with Gasteiger partial charge >= 0.3 is 0 Å². The van der Waals surface area contributed by atoms with E-state index in [1.54, 1.807) is 30.5 Å². The highest BCUT2D eigenvalue weighted by Crippen LogP contribution is 2.27. The van der Waals surface area contributed by atoms with Crippen LogP contribution in [0.25, 0.3) is 10.9 Å².